The monoisotopic (exact) mass is 217 g/mol. The molecule has 0 atom stereocenters. The Bertz CT molecular complexity index is 513. The molecule has 0 aliphatic carbocycles. The number of benzene rings is 1. The lowest BCUT2D eigenvalue weighted by Gasteiger charge is -1.82. The maximum absolute atomic E-state index is 10.8. The van der Waals surface area contributed by atoms with E-state index in [4.69, 9.17) is 15.1 Å². The summed E-state index contributed by atoms with van der Waals surface area (Å²) in [4.78, 5) is 3.70. The third-order valence-corrected chi connectivity index (χ3v) is 2.47. The summed E-state index contributed by atoms with van der Waals surface area (Å²) in [7, 11) is 1.18. The second-order valence-corrected chi connectivity index (χ2v) is 4.83. The van der Waals surface area contributed by atoms with E-state index in [1.807, 2.05) is 0 Å². The van der Waals surface area contributed by atoms with Gasteiger partial charge in [0.15, 0.2) is 5.58 Å². The molecule has 0 aliphatic heterocycles. The van der Waals surface area contributed by atoms with Crippen LogP contribution in [-0.2, 0) is 9.05 Å². The SMILES string of the molecule is O=S(=O)(Cl)c1nc2ccccc2o1. The van der Waals surface area contributed by atoms with Crippen LogP contribution in [0.4, 0.5) is 0 Å². The lowest BCUT2D eigenvalue weighted by molar-refractivity contribution is 0.464. The lowest BCUT2D eigenvalue weighted by atomic mass is 10.3. The van der Waals surface area contributed by atoms with Crippen molar-refractivity contribution >= 4 is 30.8 Å². The number of halogens is 1. The van der Waals surface area contributed by atoms with Crippen LogP contribution >= 0.6 is 10.7 Å². The van der Waals surface area contributed by atoms with Gasteiger partial charge in [-0.1, -0.05) is 12.1 Å². The molecule has 0 N–H and O–H groups in total. The zero-order chi connectivity index (χ0) is 9.47. The van der Waals surface area contributed by atoms with Crippen molar-refractivity contribution in [2.75, 3.05) is 0 Å². The third-order valence-electron chi connectivity index (χ3n) is 1.48. The van der Waals surface area contributed by atoms with Crippen LogP contribution in [0.5, 0.6) is 0 Å². The number of hydrogen-bond acceptors (Lipinski definition) is 4. The Kier molecular flexibility index (Phi) is 1.78. The van der Waals surface area contributed by atoms with E-state index in [9.17, 15) is 8.42 Å². The molecule has 1 aromatic heterocycles. The van der Waals surface area contributed by atoms with Crippen LogP contribution < -0.4 is 0 Å². The van der Waals surface area contributed by atoms with Gasteiger partial charge in [-0.05, 0) is 12.1 Å². The Morgan fingerprint density at radius 2 is 2.00 bits per heavy atom. The van der Waals surface area contributed by atoms with Crippen LogP contribution in [0.3, 0.4) is 0 Å². The van der Waals surface area contributed by atoms with E-state index in [1.54, 1.807) is 24.3 Å². The van der Waals surface area contributed by atoms with Gasteiger partial charge in [0, 0.05) is 10.7 Å². The summed E-state index contributed by atoms with van der Waals surface area (Å²) >= 11 is 0. The molecular formula is C7H4ClNO3S. The summed E-state index contributed by atoms with van der Waals surface area (Å²) in [6, 6.07) is 6.71. The second-order valence-electron chi connectivity index (χ2n) is 2.39. The summed E-state index contributed by atoms with van der Waals surface area (Å²) in [5, 5.41) is -0.463. The molecule has 0 amide bonds. The van der Waals surface area contributed by atoms with Gasteiger partial charge in [0.1, 0.15) is 5.52 Å². The molecule has 0 unspecified atom stereocenters. The molecule has 0 aliphatic rings. The molecule has 0 fully saturated rings. The van der Waals surface area contributed by atoms with E-state index >= 15 is 0 Å². The molecule has 1 aromatic carbocycles. The van der Waals surface area contributed by atoms with Crippen molar-refractivity contribution in [2.45, 2.75) is 5.22 Å². The average Bonchev–Trinajstić information content (AvgIpc) is 2.45. The first kappa shape index (κ1) is 8.52. The second kappa shape index (κ2) is 2.71. The largest absolute Gasteiger partial charge is 0.427 e. The Morgan fingerprint density at radius 1 is 1.31 bits per heavy atom. The quantitative estimate of drug-likeness (QED) is 0.683. The van der Waals surface area contributed by atoms with Crippen molar-refractivity contribution in [3.8, 4) is 0 Å². The zero-order valence-corrected chi connectivity index (χ0v) is 7.84. The number of fused-ring (bicyclic) bond motifs is 1. The van der Waals surface area contributed by atoms with Crippen LogP contribution in [0.15, 0.2) is 33.9 Å². The highest BCUT2D eigenvalue weighted by Crippen LogP contribution is 2.20. The molecule has 0 spiro atoms. The summed E-state index contributed by atoms with van der Waals surface area (Å²) in [6.07, 6.45) is 0. The number of rotatable bonds is 1. The molecule has 68 valence electrons. The fourth-order valence-electron chi connectivity index (χ4n) is 0.955. The van der Waals surface area contributed by atoms with Crippen molar-refractivity contribution in [3.05, 3.63) is 24.3 Å². The fourth-order valence-corrected chi connectivity index (χ4v) is 1.55. The van der Waals surface area contributed by atoms with Gasteiger partial charge in [0.25, 0.3) is 0 Å². The highest BCUT2D eigenvalue weighted by molar-refractivity contribution is 8.13. The lowest BCUT2D eigenvalue weighted by Crippen LogP contribution is -1.88. The fraction of sp³-hybridized carbons (Fsp3) is 0. The maximum Gasteiger partial charge on any atom is 0.332 e. The van der Waals surface area contributed by atoms with Gasteiger partial charge in [-0.3, -0.25) is 0 Å². The highest BCUT2D eigenvalue weighted by Gasteiger charge is 2.17. The molecule has 13 heavy (non-hydrogen) atoms. The minimum atomic E-state index is -3.87. The minimum absolute atomic E-state index is 0.404. The van der Waals surface area contributed by atoms with Gasteiger partial charge in [0.05, 0.1) is 0 Å². The average molecular weight is 218 g/mol. The molecule has 0 saturated carbocycles. The Balaban J connectivity index is 2.77. The number of nitrogens with zero attached hydrogens (tertiary/aromatic N) is 1. The van der Waals surface area contributed by atoms with Crippen LogP contribution in [0.2, 0.25) is 0 Å². The van der Waals surface area contributed by atoms with Crippen molar-refractivity contribution in [2.24, 2.45) is 0 Å². The standard InChI is InChI=1S/C7H4ClNO3S/c8-13(10,11)7-9-5-3-1-2-4-6(5)12-7/h1-4H. The third kappa shape index (κ3) is 1.52. The molecule has 2 rings (SSSR count). The van der Waals surface area contributed by atoms with Gasteiger partial charge in [0.2, 0.25) is 0 Å². The summed E-state index contributed by atoms with van der Waals surface area (Å²) in [5.74, 6) is 0. The first-order valence-electron chi connectivity index (χ1n) is 3.37. The topological polar surface area (TPSA) is 60.2 Å². The van der Waals surface area contributed by atoms with Gasteiger partial charge < -0.3 is 4.42 Å². The molecule has 2 aromatic rings. The number of hydrogen-bond donors (Lipinski definition) is 0. The van der Waals surface area contributed by atoms with Gasteiger partial charge in [-0.25, -0.2) is 8.42 Å². The zero-order valence-electron chi connectivity index (χ0n) is 6.27. The number of oxazole rings is 1. The van der Waals surface area contributed by atoms with Crippen molar-refractivity contribution in [1.29, 1.82) is 0 Å². The summed E-state index contributed by atoms with van der Waals surface area (Å²) < 4.78 is 26.5. The summed E-state index contributed by atoms with van der Waals surface area (Å²) in [6.45, 7) is 0. The van der Waals surface area contributed by atoms with Crippen LogP contribution in [-0.4, -0.2) is 13.4 Å². The summed E-state index contributed by atoms with van der Waals surface area (Å²) in [5.41, 5.74) is 0.878. The molecule has 4 nitrogen and oxygen atoms in total. The van der Waals surface area contributed by atoms with E-state index in [0.29, 0.717) is 11.1 Å². The Labute approximate surface area is 78.6 Å². The van der Waals surface area contributed by atoms with E-state index in [-0.39, 0.29) is 0 Å². The molecule has 1 heterocycles. The minimum Gasteiger partial charge on any atom is -0.427 e. The van der Waals surface area contributed by atoms with Crippen molar-refractivity contribution < 1.29 is 12.8 Å². The maximum atomic E-state index is 10.8. The highest BCUT2D eigenvalue weighted by atomic mass is 35.7. The smallest absolute Gasteiger partial charge is 0.332 e. The van der Waals surface area contributed by atoms with E-state index in [2.05, 4.69) is 4.98 Å². The van der Waals surface area contributed by atoms with Crippen LogP contribution in [0.1, 0.15) is 0 Å². The van der Waals surface area contributed by atoms with Crippen LogP contribution in [0.25, 0.3) is 11.1 Å². The predicted octanol–water partition coefficient (Wildman–Crippen LogP) is 1.76. The van der Waals surface area contributed by atoms with Gasteiger partial charge in [-0.2, -0.15) is 4.98 Å². The number of para-hydroxylation sites is 2. The van der Waals surface area contributed by atoms with Crippen molar-refractivity contribution in [1.82, 2.24) is 4.98 Å². The Morgan fingerprint density at radius 3 is 2.62 bits per heavy atom. The molecule has 6 heteroatoms. The van der Waals surface area contributed by atoms with E-state index in [1.165, 1.54) is 0 Å². The number of aromatic nitrogens is 1. The van der Waals surface area contributed by atoms with Crippen molar-refractivity contribution in [3.63, 3.8) is 0 Å². The molecule has 0 radical (unpaired) electrons. The Hall–Kier alpha value is -1.07. The van der Waals surface area contributed by atoms with Gasteiger partial charge in [-0.15, -0.1) is 0 Å². The van der Waals surface area contributed by atoms with E-state index in [0.717, 1.165) is 0 Å². The normalized spacial score (nSPS) is 12.1. The first-order chi connectivity index (χ1) is 6.07. The molecular weight excluding hydrogens is 214 g/mol. The van der Waals surface area contributed by atoms with Crippen LogP contribution in [0, 0.1) is 0 Å². The van der Waals surface area contributed by atoms with Gasteiger partial charge >= 0.3 is 14.3 Å². The predicted molar refractivity (Wildman–Crippen MR) is 47.0 cm³/mol. The molecule has 0 bridgehead atoms. The van der Waals surface area contributed by atoms with E-state index < -0.39 is 14.3 Å². The first-order valence-corrected chi connectivity index (χ1v) is 5.68. The molecule has 0 saturated heterocycles.